The summed E-state index contributed by atoms with van der Waals surface area (Å²) in [6.45, 7) is 0.640. The topological polar surface area (TPSA) is 29.5 Å². The number of methoxy groups -OCH3 is 1. The molecule has 0 aliphatic carbocycles. The summed E-state index contributed by atoms with van der Waals surface area (Å²) in [4.78, 5) is 13.7. The Morgan fingerprint density at radius 2 is 1.88 bits per heavy atom. The van der Waals surface area contributed by atoms with Crippen LogP contribution in [0.2, 0.25) is 0 Å². The van der Waals surface area contributed by atoms with E-state index in [1.165, 1.54) is 0 Å². The summed E-state index contributed by atoms with van der Waals surface area (Å²) in [5, 5.41) is 0. The van der Waals surface area contributed by atoms with Crippen LogP contribution in [0.3, 0.4) is 0 Å². The quantitative estimate of drug-likeness (QED) is 0.545. The van der Waals surface area contributed by atoms with E-state index in [1.807, 2.05) is 43.3 Å². The van der Waals surface area contributed by atoms with Gasteiger partial charge in [-0.1, -0.05) is 0 Å². The summed E-state index contributed by atoms with van der Waals surface area (Å²) in [6, 6.07) is 7.68. The number of ketones is 1. The van der Waals surface area contributed by atoms with E-state index in [1.54, 1.807) is 7.11 Å². The molecule has 0 heterocycles. The zero-order valence-corrected chi connectivity index (χ0v) is 10.2. The molecule has 0 fully saturated rings. The van der Waals surface area contributed by atoms with E-state index >= 15 is 0 Å². The van der Waals surface area contributed by atoms with Crippen molar-refractivity contribution < 1.29 is 9.53 Å². The summed E-state index contributed by atoms with van der Waals surface area (Å²) in [6.07, 6.45) is 1.33. The summed E-state index contributed by atoms with van der Waals surface area (Å²) >= 11 is 0. The van der Waals surface area contributed by atoms with Crippen molar-refractivity contribution in [2.75, 3.05) is 32.7 Å². The number of nitrogens with zero attached hydrogens (tertiary/aromatic N) is 1. The number of carbonyl (C=O) groups excluding carboxylic acids is 1. The maximum absolute atomic E-state index is 11.7. The van der Waals surface area contributed by atoms with Crippen molar-refractivity contribution >= 4 is 11.5 Å². The highest BCUT2D eigenvalue weighted by Gasteiger charge is 2.05. The van der Waals surface area contributed by atoms with E-state index in [-0.39, 0.29) is 5.78 Å². The molecule has 0 amide bonds. The molecule has 1 aromatic carbocycles. The summed E-state index contributed by atoms with van der Waals surface area (Å²) in [5.74, 6) is 0.183. The van der Waals surface area contributed by atoms with E-state index in [4.69, 9.17) is 4.74 Å². The average Bonchev–Trinajstić information content (AvgIpc) is 2.29. The molecule has 0 bridgehead atoms. The molecule has 0 N–H and O–H groups in total. The Morgan fingerprint density at radius 1 is 1.25 bits per heavy atom. The van der Waals surface area contributed by atoms with Gasteiger partial charge in [0.25, 0.3) is 0 Å². The lowest BCUT2D eigenvalue weighted by Gasteiger charge is -2.12. The molecule has 0 spiro atoms. The Bertz CT molecular complexity index is 330. The first-order valence-corrected chi connectivity index (χ1v) is 5.44. The third kappa shape index (κ3) is 3.66. The molecule has 0 saturated heterocycles. The van der Waals surface area contributed by atoms with Crippen LogP contribution in [0, 0.1) is 0 Å². The van der Waals surface area contributed by atoms with Gasteiger partial charge in [0.1, 0.15) is 0 Å². The van der Waals surface area contributed by atoms with Crippen LogP contribution in [-0.2, 0) is 4.74 Å². The molecule has 0 saturated carbocycles. The van der Waals surface area contributed by atoms with Crippen molar-refractivity contribution in [3.63, 3.8) is 0 Å². The molecule has 0 aromatic heterocycles. The van der Waals surface area contributed by atoms with Crippen molar-refractivity contribution in [1.82, 2.24) is 0 Å². The largest absolute Gasteiger partial charge is 0.385 e. The number of anilines is 1. The van der Waals surface area contributed by atoms with Gasteiger partial charge in [-0.2, -0.15) is 0 Å². The van der Waals surface area contributed by atoms with Crippen molar-refractivity contribution in [2.45, 2.75) is 12.8 Å². The fourth-order valence-electron chi connectivity index (χ4n) is 1.47. The van der Waals surface area contributed by atoms with Gasteiger partial charge in [-0.25, -0.2) is 0 Å². The number of hydrogen-bond acceptors (Lipinski definition) is 3. The van der Waals surface area contributed by atoms with Gasteiger partial charge in [0.15, 0.2) is 5.78 Å². The zero-order valence-electron chi connectivity index (χ0n) is 10.2. The van der Waals surface area contributed by atoms with Crippen LogP contribution in [0.4, 0.5) is 5.69 Å². The second-order valence-corrected chi connectivity index (χ2v) is 3.96. The Hall–Kier alpha value is -1.35. The van der Waals surface area contributed by atoms with Crippen LogP contribution in [0.15, 0.2) is 24.3 Å². The van der Waals surface area contributed by atoms with Crippen LogP contribution in [0.5, 0.6) is 0 Å². The van der Waals surface area contributed by atoms with Crippen molar-refractivity contribution in [3.05, 3.63) is 29.8 Å². The maximum Gasteiger partial charge on any atom is 0.162 e. The van der Waals surface area contributed by atoms with Crippen LogP contribution in [-0.4, -0.2) is 33.6 Å². The summed E-state index contributed by atoms with van der Waals surface area (Å²) in [5.41, 5.74) is 1.88. The van der Waals surface area contributed by atoms with E-state index in [0.29, 0.717) is 13.0 Å². The van der Waals surface area contributed by atoms with Crippen LogP contribution in [0.25, 0.3) is 0 Å². The van der Waals surface area contributed by atoms with Crippen molar-refractivity contribution in [1.29, 1.82) is 0 Å². The minimum atomic E-state index is 0.183. The lowest BCUT2D eigenvalue weighted by molar-refractivity contribution is 0.0963. The number of Topliss-reactive ketones (excluding diaryl/α,β-unsaturated/α-hetero) is 1. The summed E-state index contributed by atoms with van der Waals surface area (Å²) < 4.78 is 4.92. The molecule has 3 nitrogen and oxygen atoms in total. The second kappa shape index (κ2) is 6.28. The lowest BCUT2D eigenvalue weighted by Crippen LogP contribution is -2.09. The van der Waals surface area contributed by atoms with Gasteiger partial charge in [0, 0.05) is 45.5 Å². The number of benzene rings is 1. The lowest BCUT2D eigenvalue weighted by atomic mass is 10.1. The molecule has 88 valence electrons. The number of carbonyl (C=O) groups is 1. The van der Waals surface area contributed by atoms with Gasteiger partial charge in [-0.3, -0.25) is 4.79 Å². The van der Waals surface area contributed by atoms with Gasteiger partial charge in [-0.15, -0.1) is 0 Å². The van der Waals surface area contributed by atoms with E-state index in [9.17, 15) is 4.79 Å². The highest BCUT2D eigenvalue weighted by molar-refractivity contribution is 5.96. The van der Waals surface area contributed by atoms with Crippen molar-refractivity contribution in [2.24, 2.45) is 0 Å². The molecule has 0 aliphatic heterocycles. The fourth-order valence-corrected chi connectivity index (χ4v) is 1.47. The molecule has 0 unspecified atom stereocenters. The predicted molar refractivity (Wildman–Crippen MR) is 66.2 cm³/mol. The van der Waals surface area contributed by atoms with Crippen LogP contribution >= 0.6 is 0 Å². The van der Waals surface area contributed by atoms with Crippen LogP contribution < -0.4 is 4.90 Å². The molecular formula is C13H19NO2. The van der Waals surface area contributed by atoms with Crippen molar-refractivity contribution in [3.8, 4) is 0 Å². The third-order valence-corrected chi connectivity index (χ3v) is 2.46. The molecule has 1 rings (SSSR count). The summed E-state index contributed by atoms with van der Waals surface area (Å²) in [7, 11) is 5.61. The van der Waals surface area contributed by atoms with E-state index in [2.05, 4.69) is 0 Å². The smallest absolute Gasteiger partial charge is 0.162 e. The first-order chi connectivity index (χ1) is 7.65. The van der Waals surface area contributed by atoms with Gasteiger partial charge >= 0.3 is 0 Å². The molecule has 0 radical (unpaired) electrons. The van der Waals surface area contributed by atoms with Crippen LogP contribution in [0.1, 0.15) is 23.2 Å². The first-order valence-electron chi connectivity index (χ1n) is 5.44. The highest BCUT2D eigenvalue weighted by atomic mass is 16.5. The van der Waals surface area contributed by atoms with Gasteiger partial charge in [0.2, 0.25) is 0 Å². The number of rotatable bonds is 6. The standard InChI is InChI=1S/C13H19NO2/c1-14(2)12-8-6-11(7-9-12)13(15)5-4-10-16-3/h6-9H,4-5,10H2,1-3H3. The third-order valence-electron chi connectivity index (χ3n) is 2.46. The SMILES string of the molecule is COCCCC(=O)c1ccc(N(C)C)cc1. The van der Waals surface area contributed by atoms with Gasteiger partial charge in [-0.05, 0) is 30.7 Å². The molecule has 0 atom stereocenters. The van der Waals surface area contributed by atoms with E-state index < -0.39 is 0 Å². The molecule has 0 aliphatic rings. The molecule has 1 aromatic rings. The monoisotopic (exact) mass is 221 g/mol. The number of ether oxygens (including phenoxy) is 1. The molecular weight excluding hydrogens is 202 g/mol. The fraction of sp³-hybridized carbons (Fsp3) is 0.462. The normalized spacial score (nSPS) is 10.2. The number of hydrogen-bond donors (Lipinski definition) is 0. The minimum absolute atomic E-state index is 0.183. The molecule has 3 heteroatoms. The highest BCUT2D eigenvalue weighted by Crippen LogP contribution is 2.13. The average molecular weight is 221 g/mol. The Labute approximate surface area is 97.0 Å². The maximum atomic E-state index is 11.7. The second-order valence-electron chi connectivity index (χ2n) is 3.96. The Kier molecular flexibility index (Phi) is 4.99. The zero-order chi connectivity index (χ0) is 12.0. The van der Waals surface area contributed by atoms with Gasteiger partial charge < -0.3 is 9.64 Å². The minimum Gasteiger partial charge on any atom is -0.385 e. The predicted octanol–water partition coefficient (Wildman–Crippen LogP) is 2.36. The van der Waals surface area contributed by atoms with Gasteiger partial charge in [0.05, 0.1) is 0 Å². The Balaban J connectivity index is 2.56. The first kappa shape index (κ1) is 12.7. The molecule has 16 heavy (non-hydrogen) atoms. The Morgan fingerprint density at radius 3 is 2.38 bits per heavy atom. The van der Waals surface area contributed by atoms with E-state index in [0.717, 1.165) is 17.7 Å².